The number of fused-ring (bicyclic) bond motifs is 1. The van der Waals surface area contributed by atoms with Gasteiger partial charge in [-0.1, -0.05) is 23.9 Å². The summed E-state index contributed by atoms with van der Waals surface area (Å²) in [6.07, 6.45) is 0. The van der Waals surface area contributed by atoms with Gasteiger partial charge in [-0.2, -0.15) is 5.10 Å². The Morgan fingerprint density at radius 3 is 2.27 bits per heavy atom. The number of imide groups is 1. The van der Waals surface area contributed by atoms with Crippen LogP contribution in [-0.4, -0.2) is 44.2 Å². The molecule has 2 N–H and O–H groups in total. The molecule has 1 aliphatic rings. The first-order chi connectivity index (χ1) is 10.6. The van der Waals surface area contributed by atoms with Crippen LogP contribution in [0.15, 0.2) is 38.9 Å². The van der Waals surface area contributed by atoms with Gasteiger partial charge in [0.25, 0.3) is 17.4 Å². The summed E-state index contributed by atoms with van der Waals surface area (Å²) in [7, 11) is 0. The van der Waals surface area contributed by atoms with E-state index in [-0.39, 0.29) is 23.4 Å². The standard InChI is InChI=1S/C13H10N4O4S/c18-9-10(15-16-13(21)14-9)22-6-5-17-11(19)7-3-1-2-4-8(7)12(17)20/h1-4H,5-6H2,(H2,14,16,18,21). The minimum Gasteiger partial charge on any atom is -0.273 e. The zero-order valence-electron chi connectivity index (χ0n) is 11.2. The topological polar surface area (TPSA) is 116 Å². The molecule has 0 saturated carbocycles. The summed E-state index contributed by atoms with van der Waals surface area (Å²) >= 11 is 1.05. The maximum absolute atomic E-state index is 12.1. The molecular formula is C13H10N4O4S. The van der Waals surface area contributed by atoms with Gasteiger partial charge in [0.2, 0.25) is 0 Å². The number of nitrogens with one attached hydrogen (secondary N) is 2. The van der Waals surface area contributed by atoms with Crippen LogP contribution in [0.25, 0.3) is 0 Å². The molecule has 0 saturated heterocycles. The van der Waals surface area contributed by atoms with Gasteiger partial charge in [-0.25, -0.2) is 9.89 Å². The number of amides is 2. The molecule has 22 heavy (non-hydrogen) atoms. The van der Waals surface area contributed by atoms with Crippen LogP contribution in [0.3, 0.4) is 0 Å². The maximum atomic E-state index is 12.1. The van der Waals surface area contributed by atoms with Crippen LogP contribution in [0.5, 0.6) is 0 Å². The van der Waals surface area contributed by atoms with Crippen molar-refractivity contribution < 1.29 is 9.59 Å². The highest BCUT2D eigenvalue weighted by atomic mass is 32.2. The van der Waals surface area contributed by atoms with Gasteiger partial charge in [0, 0.05) is 12.3 Å². The van der Waals surface area contributed by atoms with Crippen molar-refractivity contribution in [1.82, 2.24) is 20.1 Å². The van der Waals surface area contributed by atoms with Gasteiger partial charge in [0.15, 0.2) is 5.03 Å². The molecule has 0 aliphatic carbocycles. The molecular weight excluding hydrogens is 308 g/mol. The van der Waals surface area contributed by atoms with Crippen LogP contribution in [-0.2, 0) is 0 Å². The van der Waals surface area contributed by atoms with Gasteiger partial charge < -0.3 is 0 Å². The predicted octanol–water partition coefficient (Wildman–Crippen LogP) is -0.154. The minimum absolute atomic E-state index is 0.0798. The number of hydrogen-bond donors (Lipinski definition) is 2. The molecule has 0 spiro atoms. The Balaban J connectivity index is 1.68. The maximum Gasteiger partial charge on any atom is 0.342 e. The second-order valence-corrected chi connectivity index (χ2v) is 5.55. The second-order valence-electron chi connectivity index (χ2n) is 4.47. The molecule has 3 rings (SSSR count). The normalized spacial score (nSPS) is 13.5. The highest BCUT2D eigenvalue weighted by Crippen LogP contribution is 2.23. The Bertz CT molecular complexity index is 838. The molecule has 112 valence electrons. The average Bonchev–Trinajstić information content (AvgIpc) is 2.75. The number of aromatic amines is 2. The minimum atomic E-state index is -0.685. The summed E-state index contributed by atoms with van der Waals surface area (Å²) in [6.45, 7) is 0.150. The molecule has 2 aromatic rings. The zero-order valence-corrected chi connectivity index (χ0v) is 12.0. The molecule has 2 heterocycles. The van der Waals surface area contributed by atoms with E-state index < -0.39 is 11.2 Å². The number of carbonyl (C=O) groups excluding carboxylic acids is 2. The lowest BCUT2D eigenvalue weighted by molar-refractivity contribution is 0.0664. The van der Waals surface area contributed by atoms with Crippen LogP contribution >= 0.6 is 11.8 Å². The highest BCUT2D eigenvalue weighted by molar-refractivity contribution is 7.99. The van der Waals surface area contributed by atoms with Crippen molar-refractivity contribution in [2.75, 3.05) is 12.3 Å². The van der Waals surface area contributed by atoms with Gasteiger partial charge >= 0.3 is 5.69 Å². The fraction of sp³-hybridized carbons (Fsp3) is 0.154. The highest BCUT2D eigenvalue weighted by Gasteiger charge is 2.34. The number of aromatic nitrogens is 3. The van der Waals surface area contributed by atoms with E-state index in [4.69, 9.17) is 0 Å². The number of carbonyl (C=O) groups is 2. The van der Waals surface area contributed by atoms with Crippen LogP contribution in [0, 0.1) is 0 Å². The average molecular weight is 318 g/mol. The number of hydrogen-bond acceptors (Lipinski definition) is 6. The number of nitrogens with zero attached hydrogens (tertiary/aromatic N) is 2. The van der Waals surface area contributed by atoms with Gasteiger partial charge in [-0.15, -0.1) is 0 Å². The molecule has 8 nitrogen and oxygen atoms in total. The largest absolute Gasteiger partial charge is 0.342 e. The molecule has 1 aromatic heterocycles. The van der Waals surface area contributed by atoms with Crippen LogP contribution < -0.4 is 11.2 Å². The summed E-state index contributed by atoms with van der Waals surface area (Å²) in [6, 6.07) is 6.62. The van der Waals surface area contributed by atoms with Crippen molar-refractivity contribution in [3.05, 3.63) is 56.2 Å². The Labute approximate surface area is 127 Å². The molecule has 1 aliphatic heterocycles. The summed E-state index contributed by atoms with van der Waals surface area (Å²) in [5.41, 5.74) is -0.513. The van der Waals surface area contributed by atoms with Crippen molar-refractivity contribution in [2.45, 2.75) is 5.03 Å². The van der Waals surface area contributed by atoms with E-state index in [2.05, 4.69) is 15.2 Å². The first kappa shape index (κ1) is 14.3. The summed E-state index contributed by atoms with van der Waals surface area (Å²) in [5.74, 6) is -0.387. The molecule has 0 bridgehead atoms. The number of H-pyrrole nitrogens is 2. The number of thioether (sulfide) groups is 1. The van der Waals surface area contributed by atoms with Crippen molar-refractivity contribution in [3.8, 4) is 0 Å². The first-order valence-corrected chi connectivity index (χ1v) is 7.33. The molecule has 1 aromatic carbocycles. The molecule has 0 unspecified atom stereocenters. The van der Waals surface area contributed by atoms with E-state index >= 15 is 0 Å². The molecule has 0 atom stereocenters. The van der Waals surface area contributed by atoms with E-state index in [9.17, 15) is 19.2 Å². The summed E-state index contributed by atoms with van der Waals surface area (Å²) in [5, 5.41) is 5.81. The Hall–Kier alpha value is -2.68. The van der Waals surface area contributed by atoms with Crippen molar-refractivity contribution in [2.24, 2.45) is 0 Å². The predicted molar refractivity (Wildman–Crippen MR) is 78.0 cm³/mol. The third kappa shape index (κ3) is 2.46. The van der Waals surface area contributed by atoms with Gasteiger partial charge in [-0.05, 0) is 12.1 Å². The SMILES string of the molecule is O=C1c2ccccc2C(=O)N1CCSc1n[nH]c(=O)[nH]c1=O. The lowest BCUT2D eigenvalue weighted by Crippen LogP contribution is -2.32. The van der Waals surface area contributed by atoms with E-state index in [0.29, 0.717) is 16.9 Å². The van der Waals surface area contributed by atoms with Gasteiger partial charge in [0.1, 0.15) is 0 Å². The molecule has 2 amide bonds. The van der Waals surface area contributed by atoms with Gasteiger partial charge in [0.05, 0.1) is 11.1 Å². The Kier molecular flexibility index (Phi) is 3.63. The molecule has 9 heteroatoms. The zero-order chi connectivity index (χ0) is 15.7. The molecule has 0 fully saturated rings. The van der Waals surface area contributed by atoms with Crippen LogP contribution in [0.2, 0.25) is 0 Å². The van der Waals surface area contributed by atoms with E-state index in [1.54, 1.807) is 24.3 Å². The van der Waals surface area contributed by atoms with Crippen LogP contribution in [0.1, 0.15) is 20.7 Å². The lowest BCUT2D eigenvalue weighted by atomic mass is 10.1. The fourth-order valence-electron chi connectivity index (χ4n) is 2.11. The van der Waals surface area contributed by atoms with Crippen molar-refractivity contribution >= 4 is 23.6 Å². The second kappa shape index (κ2) is 5.60. The van der Waals surface area contributed by atoms with Crippen molar-refractivity contribution in [1.29, 1.82) is 0 Å². The fourth-order valence-corrected chi connectivity index (χ4v) is 2.87. The number of rotatable bonds is 4. The third-order valence-corrected chi connectivity index (χ3v) is 4.05. The first-order valence-electron chi connectivity index (χ1n) is 6.35. The lowest BCUT2D eigenvalue weighted by Gasteiger charge is -2.12. The third-order valence-electron chi connectivity index (χ3n) is 3.11. The smallest absolute Gasteiger partial charge is 0.273 e. The summed E-state index contributed by atoms with van der Waals surface area (Å²) < 4.78 is 0. The Morgan fingerprint density at radius 2 is 1.68 bits per heavy atom. The monoisotopic (exact) mass is 318 g/mol. The Morgan fingerprint density at radius 1 is 1.05 bits per heavy atom. The van der Waals surface area contributed by atoms with E-state index in [1.807, 2.05) is 0 Å². The van der Waals surface area contributed by atoms with Gasteiger partial charge in [-0.3, -0.25) is 24.3 Å². The van der Waals surface area contributed by atoms with E-state index in [0.717, 1.165) is 16.7 Å². The number of benzene rings is 1. The quantitative estimate of drug-likeness (QED) is 0.598. The van der Waals surface area contributed by atoms with Crippen molar-refractivity contribution in [3.63, 3.8) is 0 Å². The van der Waals surface area contributed by atoms with Crippen LogP contribution in [0.4, 0.5) is 0 Å². The molecule has 0 radical (unpaired) electrons. The summed E-state index contributed by atoms with van der Waals surface area (Å²) in [4.78, 5) is 49.8. The van der Waals surface area contributed by atoms with E-state index in [1.165, 1.54) is 0 Å².